The molecular formula is C19H21FN4O2. The normalized spacial score (nSPS) is 24.2. The number of amides is 1. The number of ether oxygens (including phenoxy) is 1. The maximum Gasteiger partial charge on any atom is 0.277 e. The third-order valence-electron chi connectivity index (χ3n) is 5.79. The zero-order chi connectivity index (χ0) is 17.7. The molecule has 0 aromatic carbocycles. The van der Waals surface area contributed by atoms with Crippen molar-refractivity contribution in [2.24, 2.45) is 11.8 Å². The van der Waals surface area contributed by atoms with Gasteiger partial charge in [0.25, 0.3) is 5.91 Å². The minimum Gasteiger partial charge on any atom is -0.381 e. The summed E-state index contributed by atoms with van der Waals surface area (Å²) in [5, 5.41) is 7.43. The van der Waals surface area contributed by atoms with Gasteiger partial charge in [0, 0.05) is 36.9 Å². The average Bonchev–Trinajstić information content (AvgIpc) is 3.16. The summed E-state index contributed by atoms with van der Waals surface area (Å²) < 4.78 is 20.5. The molecule has 1 N–H and O–H groups in total. The number of fused-ring (bicyclic) bond motifs is 3. The van der Waals surface area contributed by atoms with Gasteiger partial charge in [0.1, 0.15) is 11.6 Å². The van der Waals surface area contributed by atoms with Crippen LogP contribution in [-0.2, 0) is 17.7 Å². The maximum atomic E-state index is 13.0. The van der Waals surface area contributed by atoms with E-state index in [1.54, 1.807) is 0 Å². The van der Waals surface area contributed by atoms with Crippen molar-refractivity contribution in [2.75, 3.05) is 18.5 Å². The standard InChI is InChI=1S/C19H21FN4O2/c20-13-1-2-16(21-9-13)22-19(25)17-15-8-12-7-14(12)18(15)24(23-17)10-11-3-5-26-6-4-11/h1-2,9,11-12,14H,3-8,10H2,(H,21,22,25)/t12-,14-/m1/s1. The molecule has 1 amide bonds. The zero-order valence-electron chi connectivity index (χ0n) is 14.4. The number of aromatic nitrogens is 3. The molecule has 26 heavy (non-hydrogen) atoms. The summed E-state index contributed by atoms with van der Waals surface area (Å²) >= 11 is 0. The van der Waals surface area contributed by atoms with Crippen LogP contribution in [0.4, 0.5) is 10.2 Å². The highest BCUT2D eigenvalue weighted by Gasteiger charge is 2.50. The van der Waals surface area contributed by atoms with Crippen LogP contribution >= 0.6 is 0 Å². The van der Waals surface area contributed by atoms with Crippen LogP contribution in [0.3, 0.4) is 0 Å². The third-order valence-corrected chi connectivity index (χ3v) is 5.79. The van der Waals surface area contributed by atoms with Crippen molar-refractivity contribution in [1.82, 2.24) is 14.8 Å². The molecule has 0 unspecified atom stereocenters. The molecule has 3 heterocycles. The summed E-state index contributed by atoms with van der Waals surface area (Å²) in [6.07, 6.45) is 5.34. The number of anilines is 1. The minimum atomic E-state index is -0.426. The van der Waals surface area contributed by atoms with E-state index < -0.39 is 5.82 Å². The number of halogens is 1. The molecule has 0 bridgehead atoms. The smallest absolute Gasteiger partial charge is 0.277 e. The van der Waals surface area contributed by atoms with Gasteiger partial charge in [0.05, 0.1) is 6.20 Å². The summed E-state index contributed by atoms with van der Waals surface area (Å²) in [6, 6.07) is 2.75. The van der Waals surface area contributed by atoms with Crippen molar-refractivity contribution in [3.05, 3.63) is 41.1 Å². The van der Waals surface area contributed by atoms with Crippen molar-refractivity contribution < 1.29 is 13.9 Å². The fourth-order valence-electron chi connectivity index (χ4n) is 4.32. The lowest BCUT2D eigenvalue weighted by molar-refractivity contribution is 0.0598. The Morgan fingerprint density at radius 1 is 1.35 bits per heavy atom. The Hall–Kier alpha value is -2.28. The van der Waals surface area contributed by atoms with Crippen LogP contribution in [0.1, 0.15) is 46.9 Å². The van der Waals surface area contributed by atoms with Crippen LogP contribution in [0.5, 0.6) is 0 Å². The number of carbonyl (C=O) groups is 1. The van der Waals surface area contributed by atoms with E-state index in [-0.39, 0.29) is 5.91 Å². The quantitative estimate of drug-likeness (QED) is 0.915. The second-order valence-corrected chi connectivity index (χ2v) is 7.57. The Labute approximate surface area is 150 Å². The van der Waals surface area contributed by atoms with Crippen molar-refractivity contribution in [3.8, 4) is 0 Å². The van der Waals surface area contributed by atoms with E-state index in [4.69, 9.17) is 4.74 Å². The number of hydrogen-bond acceptors (Lipinski definition) is 4. The van der Waals surface area contributed by atoms with Crippen LogP contribution in [0.15, 0.2) is 18.3 Å². The number of hydrogen-bond donors (Lipinski definition) is 1. The molecule has 3 aliphatic rings. The minimum absolute atomic E-state index is 0.257. The Bertz CT molecular complexity index is 842. The lowest BCUT2D eigenvalue weighted by atomic mass is 10.0. The van der Waals surface area contributed by atoms with Crippen molar-refractivity contribution in [3.63, 3.8) is 0 Å². The fraction of sp³-hybridized carbons (Fsp3) is 0.526. The molecule has 0 spiro atoms. The summed E-state index contributed by atoms with van der Waals surface area (Å²) in [5.74, 6) is 1.46. The van der Waals surface area contributed by atoms with Gasteiger partial charge in [-0.05, 0) is 49.7 Å². The number of nitrogens with one attached hydrogen (secondary N) is 1. The molecule has 5 rings (SSSR count). The van der Waals surface area contributed by atoms with Gasteiger partial charge in [0.15, 0.2) is 5.69 Å². The molecule has 2 aromatic heterocycles. The largest absolute Gasteiger partial charge is 0.381 e. The molecule has 2 atom stereocenters. The summed E-state index contributed by atoms with van der Waals surface area (Å²) in [7, 11) is 0. The molecule has 7 heteroatoms. The highest BCUT2D eigenvalue weighted by molar-refractivity contribution is 6.03. The molecule has 2 fully saturated rings. The second kappa shape index (κ2) is 6.16. The highest BCUT2D eigenvalue weighted by atomic mass is 19.1. The van der Waals surface area contributed by atoms with E-state index in [9.17, 15) is 9.18 Å². The van der Waals surface area contributed by atoms with E-state index in [2.05, 4.69) is 20.1 Å². The topological polar surface area (TPSA) is 69.0 Å². The van der Waals surface area contributed by atoms with Crippen molar-refractivity contribution in [1.29, 1.82) is 0 Å². The second-order valence-electron chi connectivity index (χ2n) is 7.57. The maximum absolute atomic E-state index is 13.0. The monoisotopic (exact) mass is 356 g/mol. The van der Waals surface area contributed by atoms with E-state index in [1.807, 2.05) is 0 Å². The van der Waals surface area contributed by atoms with E-state index in [1.165, 1.54) is 24.2 Å². The summed E-state index contributed by atoms with van der Waals surface area (Å²) in [4.78, 5) is 16.7. The van der Waals surface area contributed by atoms with Crippen LogP contribution in [-0.4, -0.2) is 33.9 Å². The average molecular weight is 356 g/mol. The van der Waals surface area contributed by atoms with E-state index in [0.717, 1.165) is 50.8 Å². The predicted octanol–water partition coefficient (Wildman–Crippen LogP) is 2.76. The van der Waals surface area contributed by atoms with Gasteiger partial charge >= 0.3 is 0 Å². The summed E-state index contributed by atoms with van der Waals surface area (Å²) in [6.45, 7) is 2.48. The first-order valence-electron chi connectivity index (χ1n) is 9.29. The van der Waals surface area contributed by atoms with Gasteiger partial charge in [-0.25, -0.2) is 9.37 Å². The fourth-order valence-corrected chi connectivity index (χ4v) is 4.32. The molecular weight excluding hydrogens is 335 g/mol. The Kier molecular flexibility index (Phi) is 3.77. The molecule has 1 aliphatic heterocycles. The molecule has 0 radical (unpaired) electrons. The number of pyridine rings is 1. The zero-order valence-corrected chi connectivity index (χ0v) is 14.4. The number of rotatable bonds is 4. The van der Waals surface area contributed by atoms with E-state index >= 15 is 0 Å². The SMILES string of the molecule is O=C(Nc1ccc(F)cn1)c1nn(CC2CCOCC2)c2c1C[C@H]1C[C@@H]21. The first-order valence-corrected chi connectivity index (χ1v) is 9.29. The highest BCUT2D eigenvalue weighted by Crippen LogP contribution is 2.57. The molecule has 2 aliphatic carbocycles. The van der Waals surface area contributed by atoms with Gasteiger partial charge in [0.2, 0.25) is 0 Å². The molecule has 136 valence electrons. The molecule has 1 saturated heterocycles. The van der Waals surface area contributed by atoms with E-state index in [0.29, 0.717) is 29.3 Å². The first kappa shape index (κ1) is 15.9. The Balaban J connectivity index is 1.40. The molecule has 2 aromatic rings. The lowest BCUT2D eigenvalue weighted by Crippen LogP contribution is -2.22. The third kappa shape index (κ3) is 2.80. The van der Waals surface area contributed by atoms with Gasteiger partial charge in [-0.15, -0.1) is 0 Å². The van der Waals surface area contributed by atoms with Crippen LogP contribution in [0, 0.1) is 17.7 Å². The molecule has 1 saturated carbocycles. The van der Waals surface area contributed by atoms with Crippen molar-refractivity contribution in [2.45, 2.75) is 38.1 Å². The van der Waals surface area contributed by atoms with Crippen molar-refractivity contribution >= 4 is 11.7 Å². The predicted molar refractivity (Wildman–Crippen MR) is 92.5 cm³/mol. The van der Waals surface area contributed by atoms with Crippen LogP contribution in [0.2, 0.25) is 0 Å². The lowest BCUT2D eigenvalue weighted by Gasteiger charge is -2.22. The first-order chi connectivity index (χ1) is 12.7. The summed E-state index contributed by atoms with van der Waals surface area (Å²) in [5.41, 5.74) is 2.86. The van der Waals surface area contributed by atoms with Crippen LogP contribution < -0.4 is 5.32 Å². The van der Waals surface area contributed by atoms with Gasteiger partial charge in [-0.3, -0.25) is 9.48 Å². The number of carbonyl (C=O) groups excluding carboxylic acids is 1. The number of nitrogens with zero attached hydrogens (tertiary/aromatic N) is 3. The molecule has 6 nitrogen and oxygen atoms in total. The Morgan fingerprint density at radius 2 is 2.19 bits per heavy atom. The van der Waals surface area contributed by atoms with Crippen LogP contribution in [0.25, 0.3) is 0 Å². The van der Waals surface area contributed by atoms with Gasteiger partial charge < -0.3 is 10.1 Å². The van der Waals surface area contributed by atoms with Gasteiger partial charge in [-0.2, -0.15) is 5.10 Å². The Morgan fingerprint density at radius 3 is 2.96 bits per heavy atom. The van der Waals surface area contributed by atoms with Gasteiger partial charge in [-0.1, -0.05) is 0 Å².